The van der Waals surface area contributed by atoms with Crippen LogP contribution >= 0.6 is 0 Å². The van der Waals surface area contributed by atoms with Gasteiger partial charge in [0.05, 0.1) is 0 Å². The summed E-state index contributed by atoms with van der Waals surface area (Å²) >= 11 is 0. The molecule has 1 aliphatic heterocycles. The Hall–Kier alpha value is -2.89. The molecule has 2 aromatic rings. The minimum absolute atomic E-state index is 0.0741. The maximum absolute atomic E-state index is 12.6. The number of rotatable bonds is 2. The fourth-order valence-corrected chi connectivity index (χ4v) is 2.80. The number of benzene rings is 1. The second-order valence-electron chi connectivity index (χ2n) is 6.25. The molecule has 6 nitrogen and oxygen atoms in total. The molecule has 130 valence electrons. The van der Waals surface area contributed by atoms with Crippen molar-refractivity contribution in [3.8, 4) is 11.1 Å². The summed E-state index contributed by atoms with van der Waals surface area (Å²) in [5, 5.41) is 2.98. The molecule has 1 aromatic heterocycles. The average Bonchev–Trinajstić information content (AvgIpc) is 2.79. The third-order valence-corrected chi connectivity index (χ3v) is 4.49. The molecule has 2 heterocycles. The Morgan fingerprint density at radius 3 is 2.76 bits per heavy atom. The van der Waals surface area contributed by atoms with Crippen molar-refractivity contribution >= 4 is 17.6 Å². The second kappa shape index (κ2) is 7.34. The molecule has 0 radical (unpaired) electrons. The number of hydrogen-bond acceptors (Lipinski definition) is 3. The zero-order valence-corrected chi connectivity index (χ0v) is 14.5. The lowest BCUT2D eigenvalue weighted by molar-refractivity contribution is -0.129. The number of anilines is 1. The second-order valence-corrected chi connectivity index (χ2v) is 6.25. The van der Waals surface area contributed by atoms with E-state index < -0.39 is 0 Å². The minimum Gasteiger partial charge on any atom is -0.344 e. The smallest absolute Gasteiger partial charge is 0.321 e. The monoisotopic (exact) mass is 338 g/mol. The highest BCUT2D eigenvalue weighted by Gasteiger charge is 2.22. The third kappa shape index (κ3) is 3.96. The van der Waals surface area contributed by atoms with Crippen LogP contribution < -0.4 is 5.32 Å². The summed E-state index contributed by atoms with van der Waals surface area (Å²) in [6.07, 6.45) is 3.89. The topological polar surface area (TPSA) is 65.5 Å². The lowest BCUT2D eigenvalue weighted by atomic mass is 10.0. The Morgan fingerprint density at radius 2 is 2.00 bits per heavy atom. The van der Waals surface area contributed by atoms with E-state index in [1.807, 2.05) is 37.3 Å². The van der Waals surface area contributed by atoms with E-state index in [-0.39, 0.29) is 11.9 Å². The van der Waals surface area contributed by atoms with Crippen molar-refractivity contribution in [2.45, 2.75) is 13.3 Å². The standard InChI is InChI=1S/C19H22N4O2/c1-14-5-6-15(16-4-3-8-20-13-16)12-17(14)21-19(25)23-9-7-18(24)22(2)10-11-23/h3-6,8,12-13H,7,9-11H2,1-2H3,(H,21,25). The van der Waals surface area contributed by atoms with Crippen LogP contribution in [0.25, 0.3) is 11.1 Å². The van der Waals surface area contributed by atoms with E-state index >= 15 is 0 Å². The normalized spacial score (nSPS) is 15.0. The van der Waals surface area contributed by atoms with Gasteiger partial charge in [0.25, 0.3) is 0 Å². The first-order chi connectivity index (χ1) is 12.0. The number of nitrogens with zero attached hydrogens (tertiary/aromatic N) is 3. The third-order valence-electron chi connectivity index (χ3n) is 4.49. The van der Waals surface area contributed by atoms with Gasteiger partial charge in [0.15, 0.2) is 0 Å². The molecule has 1 aromatic carbocycles. The first kappa shape index (κ1) is 17.0. The Bertz CT molecular complexity index is 776. The van der Waals surface area contributed by atoms with Crippen LogP contribution in [-0.4, -0.2) is 53.4 Å². The van der Waals surface area contributed by atoms with Crippen LogP contribution in [0.1, 0.15) is 12.0 Å². The summed E-state index contributed by atoms with van der Waals surface area (Å²) in [4.78, 5) is 31.9. The first-order valence-electron chi connectivity index (χ1n) is 8.35. The molecule has 1 aliphatic rings. The molecule has 0 saturated carbocycles. The van der Waals surface area contributed by atoms with E-state index in [9.17, 15) is 9.59 Å². The number of nitrogens with one attached hydrogen (secondary N) is 1. The van der Waals surface area contributed by atoms with Gasteiger partial charge in [-0.1, -0.05) is 18.2 Å². The fourth-order valence-electron chi connectivity index (χ4n) is 2.80. The average molecular weight is 338 g/mol. The van der Waals surface area contributed by atoms with Crippen molar-refractivity contribution in [2.75, 3.05) is 32.0 Å². The van der Waals surface area contributed by atoms with Crippen molar-refractivity contribution in [3.05, 3.63) is 48.3 Å². The maximum atomic E-state index is 12.6. The van der Waals surface area contributed by atoms with E-state index in [2.05, 4.69) is 10.3 Å². The van der Waals surface area contributed by atoms with Crippen LogP contribution in [0, 0.1) is 6.92 Å². The van der Waals surface area contributed by atoms with Crippen molar-refractivity contribution < 1.29 is 9.59 Å². The highest BCUT2D eigenvalue weighted by molar-refractivity contribution is 5.91. The number of amides is 3. The first-order valence-corrected chi connectivity index (χ1v) is 8.35. The predicted octanol–water partition coefficient (Wildman–Crippen LogP) is 2.75. The lowest BCUT2D eigenvalue weighted by Gasteiger charge is -2.21. The summed E-state index contributed by atoms with van der Waals surface area (Å²) in [6, 6.07) is 9.66. The molecule has 0 unspecified atom stereocenters. The number of hydrogen-bond donors (Lipinski definition) is 1. The molecule has 3 rings (SSSR count). The van der Waals surface area contributed by atoms with Crippen molar-refractivity contribution in [3.63, 3.8) is 0 Å². The number of aromatic nitrogens is 1. The van der Waals surface area contributed by atoms with E-state index in [1.165, 1.54) is 0 Å². The van der Waals surface area contributed by atoms with Gasteiger partial charge in [0, 0.05) is 56.7 Å². The molecule has 1 fully saturated rings. The molecule has 0 spiro atoms. The molecule has 1 N–H and O–H groups in total. The number of likely N-dealkylation sites (N-methyl/N-ethyl adjacent to an activating group) is 1. The molecule has 0 bridgehead atoms. The van der Waals surface area contributed by atoms with Gasteiger partial charge in [-0.05, 0) is 30.2 Å². The van der Waals surface area contributed by atoms with Crippen LogP contribution in [0.3, 0.4) is 0 Å². The number of carbonyl (C=O) groups excluding carboxylic acids is 2. The van der Waals surface area contributed by atoms with Crippen LogP contribution in [0.5, 0.6) is 0 Å². The van der Waals surface area contributed by atoms with Crippen molar-refractivity contribution in [2.24, 2.45) is 0 Å². The van der Waals surface area contributed by atoms with Crippen molar-refractivity contribution in [1.82, 2.24) is 14.8 Å². The van der Waals surface area contributed by atoms with Gasteiger partial charge in [0.2, 0.25) is 5.91 Å². The van der Waals surface area contributed by atoms with Crippen LogP contribution in [0.4, 0.5) is 10.5 Å². The van der Waals surface area contributed by atoms with Gasteiger partial charge in [-0.2, -0.15) is 0 Å². The number of carbonyl (C=O) groups is 2. The maximum Gasteiger partial charge on any atom is 0.321 e. The Morgan fingerprint density at radius 1 is 1.16 bits per heavy atom. The van der Waals surface area contributed by atoms with E-state index in [1.54, 1.807) is 29.2 Å². The largest absolute Gasteiger partial charge is 0.344 e. The van der Waals surface area contributed by atoms with Gasteiger partial charge in [-0.15, -0.1) is 0 Å². The van der Waals surface area contributed by atoms with Gasteiger partial charge in [0.1, 0.15) is 0 Å². The molecular formula is C19H22N4O2. The van der Waals surface area contributed by atoms with Crippen LogP contribution in [0.15, 0.2) is 42.7 Å². The van der Waals surface area contributed by atoms with Gasteiger partial charge < -0.3 is 15.1 Å². The molecular weight excluding hydrogens is 316 g/mol. The number of urea groups is 1. The van der Waals surface area contributed by atoms with E-state index in [4.69, 9.17) is 0 Å². The number of pyridine rings is 1. The SMILES string of the molecule is Cc1ccc(-c2cccnc2)cc1NC(=O)N1CCC(=O)N(C)CC1. The highest BCUT2D eigenvalue weighted by atomic mass is 16.2. The van der Waals surface area contributed by atoms with E-state index in [0.29, 0.717) is 26.1 Å². The summed E-state index contributed by atoms with van der Waals surface area (Å²) in [5.74, 6) is 0.0741. The fraction of sp³-hybridized carbons (Fsp3) is 0.316. The quantitative estimate of drug-likeness (QED) is 0.916. The Balaban J connectivity index is 1.76. The van der Waals surface area contributed by atoms with Crippen LogP contribution in [0.2, 0.25) is 0 Å². The predicted molar refractivity (Wildman–Crippen MR) is 97.3 cm³/mol. The zero-order chi connectivity index (χ0) is 17.8. The summed E-state index contributed by atoms with van der Waals surface area (Å²) in [5.41, 5.74) is 3.76. The molecule has 0 aliphatic carbocycles. The van der Waals surface area contributed by atoms with Crippen molar-refractivity contribution in [1.29, 1.82) is 0 Å². The summed E-state index contributed by atoms with van der Waals surface area (Å²) in [7, 11) is 1.77. The zero-order valence-electron chi connectivity index (χ0n) is 14.5. The number of aryl methyl sites for hydroxylation is 1. The molecule has 25 heavy (non-hydrogen) atoms. The highest BCUT2D eigenvalue weighted by Crippen LogP contribution is 2.25. The molecule has 1 saturated heterocycles. The minimum atomic E-state index is -0.172. The Labute approximate surface area is 147 Å². The molecule has 3 amide bonds. The Kier molecular flexibility index (Phi) is 4.97. The summed E-state index contributed by atoms with van der Waals surface area (Å²) < 4.78 is 0. The van der Waals surface area contributed by atoms with Gasteiger partial charge in [-0.25, -0.2) is 4.79 Å². The molecule has 6 heteroatoms. The van der Waals surface area contributed by atoms with Gasteiger partial charge >= 0.3 is 6.03 Å². The summed E-state index contributed by atoms with van der Waals surface area (Å²) in [6.45, 7) is 3.50. The lowest BCUT2D eigenvalue weighted by Crippen LogP contribution is -2.37. The van der Waals surface area contributed by atoms with E-state index in [0.717, 1.165) is 22.4 Å². The van der Waals surface area contributed by atoms with Crippen LogP contribution in [-0.2, 0) is 4.79 Å². The molecule has 0 atom stereocenters. The van der Waals surface area contributed by atoms with Gasteiger partial charge in [-0.3, -0.25) is 9.78 Å².